The van der Waals surface area contributed by atoms with E-state index in [0.29, 0.717) is 5.56 Å². The van der Waals surface area contributed by atoms with Gasteiger partial charge in [-0.3, -0.25) is 9.59 Å². The maximum absolute atomic E-state index is 12.8. The van der Waals surface area contributed by atoms with Crippen LogP contribution in [0.3, 0.4) is 0 Å². The summed E-state index contributed by atoms with van der Waals surface area (Å²) in [4.78, 5) is 35.6. The number of aliphatic carboxylic acids is 1. The number of rotatable bonds is 7. The Morgan fingerprint density at radius 2 is 1.92 bits per heavy atom. The van der Waals surface area contributed by atoms with Gasteiger partial charge in [0.1, 0.15) is 11.5 Å². The van der Waals surface area contributed by atoms with Gasteiger partial charge in [0.05, 0.1) is 18.1 Å². The molecule has 0 saturated heterocycles. The van der Waals surface area contributed by atoms with E-state index in [4.69, 9.17) is 4.74 Å². The summed E-state index contributed by atoms with van der Waals surface area (Å²) in [6, 6.07) is 2.32. The monoisotopic (exact) mass is 360 g/mol. The average molecular weight is 360 g/mol. The van der Waals surface area contributed by atoms with E-state index in [1.165, 1.54) is 12.1 Å². The second-order valence-corrected chi connectivity index (χ2v) is 5.81. The third kappa shape index (κ3) is 4.30. The van der Waals surface area contributed by atoms with Crippen LogP contribution in [0.1, 0.15) is 35.7 Å². The highest BCUT2D eigenvalue weighted by atomic mass is 16.5. The summed E-state index contributed by atoms with van der Waals surface area (Å²) in [7, 11) is 0. The maximum atomic E-state index is 12.8. The van der Waals surface area contributed by atoms with Gasteiger partial charge in [0.2, 0.25) is 0 Å². The Kier molecular flexibility index (Phi) is 6.16. The topological polar surface area (TPSA) is 121 Å². The Morgan fingerprint density at radius 3 is 2.58 bits per heavy atom. The van der Waals surface area contributed by atoms with Gasteiger partial charge < -0.3 is 20.1 Å². The van der Waals surface area contributed by atoms with Crippen molar-refractivity contribution < 1.29 is 34.4 Å². The summed E-state index contributed by atoms with van der Waals surface area (Å²) in [5.41, 5.74) is 0.151. The molecule has 138 valence electrons. The summed E-state index contributed by atoms with van der Waals surface area (Å²) in [5, 5.41) is 29.3. The molecule has 0 bridgehead atoms. The highest BCUT2D eigenvalue weighted by Crippen LogP contribution is 2.33. The second kappa shape index (κ2) is 8.33. The largest absolute Gasteiger partial charge is 0.508 e. The van der Waals surface area contributed by atoms with Gasteiger partial charge in [-0.05, 0) is 31.4 Å². The van der Waals surface area contributed by atoms with Crippen molar-refractivity contribution in [1.82, 2.24) is 0 Å². The molecule has 7 heteroatoms. The van der Waals surface area contributed by atoms with Crippen LogP contribution in [0.4, 0.5) is 0 Å². The van der Waals surface area contributed by atoms with E-state index < -0.39 is 29.4 Å². The minimum atomic E-state index is -1.20. The summed E-state index contributed by atoms with van der Waals surface area (Å²) in [6.45, 7) is 1.92. The number of aromatic hydroxyl groups is 2. The van der Waals surface area contributed by atoms with Crippen LogP contribution in [0.2, 0.25) is 0 Å². The number of benzene rings is 1. The Balaban J connectivity index is 2.28. The number of carboxylic acids is 1. The first-order valence-electron chi connectivity index (χ1n) is 8.19. The van der Waals surface area contributed by atoms with E-state index in [-0.39, 0.29) is 42.8 Å². The summed E-state index contributed by atoms with van der Waals surface area (Å²) in [5.74, 6) is -3.81. The fourth-order valence-corrected chi connectivity index (χ4v) is 2.78. The lowest BCUT2D eigenvalue weighted by molar-refractivity contribution is -0.143. The first-order valence-corrected chi connectivity index (χ1v) is 8.19. The van der Waals surface area contributed by atoms with Crippen LogP contribution in [-0.2, 0) is 20.7 Å². The van der Waals surface area contributed by atoms with Crippen LogP contribution < -0.4 is 0 Å². The lowest BCUT2D eigenvalue weighted by atomic mass is 9.84. The Morgan fingerprint density at radius 1 is 1.19 bits per heavy atom. The van der Waals surface area contributed by atoms with Crippen LogP contribution in [0, 0.1) is 5.92 Å². The van der Waals surface area contributed by atoms with E-state index >= 15 is 0 Å². The van der Waals surface area contributed by atoms with E-state index in [1.807, 2.05) is 0 Å². The summed E-state index contributed by atoms with van der Waals surface area (Å²) in [6.07, 6.45) is 4.93. The fraction of sp³-hybridized carbons (Fsp3) is 0.316. The Hall–Kier alpha value is -3.09. The molecule has 26 heavy (non-hydrogen) atoms. The third-order valence-electron chi connectivity index (χ3n) is 4.09. The molecule has 2 rings (SSSR count). The number of hydrogen-bond donors (Lipinski definition) is 3. The molecule has 0 radical (unpaired) electrons. The van der Waals surface area contributed by atoms with E-state index in [9.17, 15) is 29.7 Å². The van der Waals surface area contributed by atoms with Crippen LogP contribution >= 0.6 is 0 Å². The van der Waals surface area contributed by atoms with Gasteiger partial charge in [-0.25, -0.2) is 4.79 Å². The van der Waals surface area contributed by atoms with Gasteiger partial charge in [0.15, 0.2) is 5.78 Å². The number of ketones is 1. The third-order valence-corrected chi connectivity index (χ3v) is 4.09. The Bertz CT molecular complexity index is 789. The molecule has 0 saturated carbocycles. The molecule has 0 fully saturated rings. The molecule has 1 aliphatic carbocycles. The van der Waals surface area contributed by atoms with Crippen molar-refractivity contribution in [3.05, 3.63) is 47.1 Å². The van der Waals surface area contributed by atoms with Gasteiger partial charge in [-0.1, -0.05) is 18.2 Å². The zero-order chi connectivity index (χ0) is 19.3. The van der Waals surface area contributed by atoms with Crippen molar-refractivity contribution in [3.63, 3.8) is 0 Å². The molecule has 1 aromatic carbocycles. The molecule has 1 aliphatic rings. The number of carbonyl (C=O) groups is 3. The number of ether oxygens (including phenoxy) is 1. The quantitative estimate of drug-likeness (QED) is 0.504. The molecule has 1 atom stereocenters. The smallest absolute Gasteiger partial charge is 0.332 e. The normalized spacial score (nSPS) is 16.0. The first kappa shape index (κ1) is 19.2. The molecule has 0 spiro atoms. The first-order chi connectivity index (χ1) is 12.3. The standard InChI is InChI=1S/C19H20O7/c1-2-26-17(22)8-7-11-9-14(16(21)10-15(11)20)18(23)12-5-3-4-6-13(12)19(24)25/h3-4,6,9-10,12,20-21H,2,5,7-8H2,1H3,(H,24,25). The molecular formula is C19H20O7. The molecule has 7 nitrogen and oxygen atoms in total. The number of aryl methyl sites for hydroxylation is 1. The SMILES string of the molecule is CCOC(=O)CCc1cc(C(=O)C2CC=CC=C2C(=O)O)c(O)cc1O. The zero-order valence-electron chi connectivity index (χ0n) is 14.3. The molecule has 1 aromatic rings. The van der Waals surface area contributed by atoms with Gasteiger partial charge in [0.25, 0.3) is 0 Å². The van der Waals surface area contributed by atoms with Crippen LogP contribution in [-0.4, -0.2) is 39.6 Å². The number of phenols is 2. The number of hydrogen-bond acceptors (Lipinski definition) is 6. The fourth-order valence-electron chi connectivity index (χ4n) is 2.78. The second-order valence-electron chi connectivity index (χ2n) is 5.81. The highest BCUT2D eigenvalue weighted by molar-refractivity contribution is 6.07. The summed E-state index contributed by atoms with van der Waals surface area (Å²) < 4.78 is 4.82. The molecule has 0 heterocycles. The number of carbonyl (C=O) groups excluding carboxylic acids is 2. The van der Waals surface area contributed by atoms with E-state index in [2.05, 4.69) is 0 Å². The molecule has 1 unspecified atom stereocenters. The number of carboxylic acid groups (broad SMARTS) is 1. The molecule has 0 amide bonds. The van der Waals surface area contributed by atoms with Crippen molar-refractivity contribution in [2.45, 2.75) is 26.2 Å². The van der Waals surface area contributed by atoms with Crippen molar-refractivity contribution in [2.75, 3.05) is 6.61 Å². The van der Waals surface area contributed by atoms with Crippen molar-refractivity contribution in [2.24, 2.45) is 5.92 Å². The van der Waals surface area contributed by atoms with Crippen molar-refractivity contribution >= 4 is 17.7 Å². The number of esters is 1. The van der Waals surface area contributed by atoms with Gasteiger partial charge in [-0.15, -0.1) is 0 Å². The number of Topliss-reactive ketones (excluding diaryl/α,β-unsaturated/α-hetero) is 1. The molecule has 3 N–H and O–H groups in total. The van der Waals surface area contributed by atoms with Crippen molar-refractivity contribution in [3.8, 4) is 11.5 Å². The lowest BCUT2D eigenvalue weighted by Gasteiger charge is -2.18. The van der Waals surface area contributed by atoms with E-state index in [1.54, 1.807) is 19.1 Å². The van der Waals surface area contributed by atoms with Crippen LogP contribution in [0.5, 0.6) is 11.5 Å². The van der Waals surface area contributed by atoms with Crippen LogP contribution in [0.25, 0.3) is 0 Å². The lowest BCUT2D eigenvalue weighted by Crippen LogP contribution is -2.23. The molecule has 0 aromatic heterocycles. The zero-order valence-corrected chi connectivity index (χ0v) is 14.3. The highest BCUT2D eigenvalue weighted by Gasteiger charge is 2.30. The van der Waals surface area contributed by atoms with Gasteiger partial charge >= 0.3 is 11.9 Å². The molecular weight excluding hydrogens is 340 g/mol. The van der Waals surface area contributed by atoms with Gasteiger partial charge in [-0.2, -0.15) is 0 Å². The number of phenolic OH excluding ortho intramolecular Hbond substituents is 2. The van der Waals surface area contributed by atoms with E-state index in [0.717, 1.165) is 6.07 Å². The Labute approximate surface area is 150 Å². The maximum Gasteiger partial charge on any atom is 0.332 e. The predicted octanol–water partition coefficient (Wildman–Crippen LogP) is 2.36. The molecule has 0 aliphatic heterocycles. The minimum absolute atomic E-state index is 0.00620. The van der Waals surface area contributed by atoms with Crippen LogP contribution in [0.15, 0.2) is 35.9 Å². The summed E-state index contributed by atoms with van der Waals surface area (Å²) >= 11 is 0. The van der Waals surface area contributed by atoms with Gasteiger partial charge in [0, 0.05) is 18.1 Å². The minimum Gasteiger partial charge on any atom is -0.508 e. The number of allylic oxidation sites excluding steroid dienone is 3. The average Bonchev–Trinajstić information content (AvgIpc) is 2.60. The van der Waals surface area contributed by atoms with Crippen molar-refractivity contribution in [1.29, 1.82) is 0 Å². The predicted molar refractivity (Wildman–Crippen MR) is 92.0 cm³/mol.